The average Bonchev–Trinajstić information content (AvgIpc) is 2.30. The molecule has 1 aromatic rings. The van der Waals surface area contributed by atoms with Gasteiger partial charge in [-0.15, -0.1) is 0 Å². The minimum atomic E-state index is -0.925. The Labute approximate surface area is 99.3 Å². The monoisotopic (exact) mass is 237 g/mol. The zero-order chi connectivity index (χ0) is 12.8. The summed E-state index contributed by atoms with van der Waals surface area (Å²) < 4.78 is 0. The first-order valence-electron chi connectivity index (χ1n) is 5.34. The Morgan fingerprint density at radius 3 is 2.53 bits per heavy atom. The van der Waals surface area contributed by atoms with Crippen LogP contribution in [-0.2, 0) is 4.79 Å². The summed E-state index contributed by atoms with van der Waals surface area (Å²) in [6, 6.07) is 0. The largest absolute Gasteiger partial charge is 0.481 e. The van der Waals surface area contributed by atoms with Crippen molar-refractivity contribution in [1.29, 1.82) is 0 Å². The van der Waals surface area contributed by atoms with Crippen molar-refractivity contribution >= 4 is 11.9 Å². The Balaban J connectivity index is 2.71. The van der Waals surface area contributed by atoms with E-state index in [1.54, 1.807) is 13.8 Å². The molecule has 0 saturated carbocycles. The number of hydrogen-bond acceptors (Lipinski definition) is 4. The molecule has 1 N–H and O–H groups in total. The number of carboxylic acid groups (broad SMARTS) is 1. The third-order valence-corrected chi connectivity index (χ3v) is 2.26. The summed E-state index contributed by atoms with van der Waals surface area (Å²) in [5.74, 6) is -1.22. The molecule has 1 heterocycles. The average molecular weight is 237 g/mol. The van der Waals surface area contributed by atoms with Gasteiger partial charge in [0.2, 0.25) is 0 Å². The fraction of sp³-hybridized carbons (Fsp3) is 0.455. The van der Waals surface area contributed by atoms with E-state index in [2.05, 4.69) is 9.97 Å². The van der Waals surface area contributed by atoms with Crippen LogP contribution in [0.3, 0.4) is 0 Å². The molecule has 0 unspecified atom stereocenters. The van der Waals surface area contributed by atoms with Crippen molar-refractivity contribution in [3.05, 3.63) is 23.8 Å². The van der Waals surface area contributed by atoms with Gasteiger partial charge in [0.05, 0.1) is 18.3 Å². The summed E-state index contributed by atoms with van der Waals surface area (Å²) in [6.45, 7) is 4.20. The van der Waals surface area contributed by atoms with Crippen molar-refractivity contribution in [2.75, 3.05) is 13.1 Å². The summed E-state index contributed by atoms with van der Waals surface area (Å²) in [4.78, 5) is 31.8. The fourth-order valence-electron chi connectivity index (χ4n) is 1.30. The van der Waals surface area contributed by atoms with Gasteiger partial charge in [-0.3, -0.25) is 14.6 Å². The Hall–Kier alpha value is -1.98. The number of carbonyl (C=O) groups excluding carboxylic acids is 1. The summed E-state index contributed by atoms with van der Waals surface area (Å²) in [5.41, 5.74) is 0.970. The Morgan fingerprint density at radius 1 is 1.35 bits per heavy atom. The number of aryl methyl sites for hydroxylation is 1. The van der Waals surface area contributed by atoms with Gasteiger partial charge in [0.1, 0.15) is 5.69 Å². The maximum absolute atomic E-state index is 11.9. The number of amides is 1. The van der Waals surface area contributed by atoms with Crippen LogP contribution in [0.5, 0.6) is 0 Å². The molecule has 0 spiro atoms. The lowest BCUT2D eigenvalue weighted by atomic mass is 10.3. The van der Waals surface area contributed by atoms with Gasteiger partial charge in [-0.05, 0) is 13.8 Å². The summed E-state index contributed by atoms with van der Waals surface area (Å²) in [5, 5.41) is 8.58. The van der Waals surface area contributed by atoms with E-state index >= 15 is 0 Å². The number of hydrogen-bond donors (Lipinski definition) is 1. The zero-order valence-corrected chi connectivity index (χ0v) is 9.88. The quantitative estimate of drug-likeness (QED) is 0.815. The van der Waals surface area contributed by atoms with E-state index in [0.717, 1.165) is 5.69 Å². The second kappa shape index (κ2) is 5.93. The van der Waals surface area contributed by atoms with E-state index in [4.69, 9.17) is 5.11 Å². The zero-order valence-electron chi connectivity index (χ0n) is 9.88. The molecule has 6 heteroatoms. The van der Waals surface area contributed by atoms with Crippen LogP contribution in [0, 0.1) is 6.92 Å². The van der Waals surface area contributed by atoms with Crippen LogP contribution in [0.15, 0.2) is 12.4 Å². The van der Waals surface area contributed by atoms with E-state index in [1.165, 1.54) is 17.3 Å². The van der Waals surface area contributed by atoms with Crippen LogP contribution in [0.4, 0.5) is 0 Å². The molecule has 0 bridgehead atoms. The molecule has 0 radical (unpaired) electrons. The number of rotatable bonds is 5. The van der Waals surface area contributed by atoms with Gasteiger partial charge in [-0.1, -0.05) is 0 Å². The standard InChI is InChI=1S/C11H15N3O3/c1-3-14(5-4-10(15)16)11(17)9-7-12-8(2)6-13-9/h6-7H,3-5H2,1-2H3,(H,15,16). The number of aliphatic carboxylic acids is 1. The van der Waals surface area contributed by atoms with Gasteiger partial charge >= 0.3 is 5.97 Å². The molecule has 0 aliphatic rings. The van der Waals surface area contributed by atoms with Gasteiger partial charge in [0.15, 0.2) is 0 Å². The van der Waals surface area contributed by atoms with Gasteiger partial charge < -0.3 is 10.0 Å². The lowest BCUT2D eigenvalue weighted by molar-refractivity contribution is -0.137. The van der Waals surface area contributed by atoms with Crippen LogP contribution in [0.1, 0.15) is 29.5 Å². The first-order chi connectivity index (χ1) is 8.04. The predicted molar refractivity (Wildman–Crippen MR) is 60.6 cm³/mol. The van der Waals surface area contributed by atoms with E-state index in [1.807, 2.05) is 0 Å². The number of carboxylic acids is 1. The van der Waals surface area contributed by atoms with E-state index in [0.29, 0.717) is 6.54 Å². The summed E-state index contributed by atoms with van der Waals surface area (Å²) >= 11 is 0. The van der Waals surface area contributed by atoms with Crippen LogP contribution < -0.4 is 0 Å². The molecular weight excluding hydrogens is 222 g/mol. The lowest BCUT2D eigenvalue weighted by Gasteiger charge is -2.19. The molecule has 92 valence electrons. The van der Waals surface area contributed by atoms with Crippen molar-refractivity contribution in [1.82, 2.24) is 14.9 Å². The number of nitrogens with zero attached hydrogens (tertiary/aromatic N) is 3. The number of aromatic nitrogens is 2. The molecule has 1 aromatic heterocycles. The van der Waals surface area contributed by atoms with Crippen molar-refractivity contribution < 1.29 is 14.7 Å². The fourth-order valence-corrected chi connectivity index (χ4v) is 1.30. The van der Waals surface area contributed by atoms with Crippen LogP contribution in [0.2, 0.25) is 0 Å². The smallest absolute Gasteiger partial charge is 0.305 e. The maximum atomic E-state index is 11.9. The van der Waals surface area contributed by atoms with E-state index in [9.17, 15) is 9.59 Å². The third kappa shape index (κ3) is 3.82. The minimum Gasteiger partial charge on any atom is -0.481 e. The highest BCUT2D eigenvalue weighted by atomic mass is 16.4. The highest BCUT2D eigenvalue weighted by Gasteiger charge is 2.16. The predicted octanol–water partition coefficient (Wildman–Crippen LogP) is 0.722. The van der Waals surface area contributed by atoms with Crippen molar-refractivity contribution in [2.45, 2.75) is 20.3 Å². The van der Waals surface area contributed by atoms with E-state index < -0.39 is 5.97 Å². The van der Waals surface area contributed by atoms with Gasteiger partial charge in [-0.2, -0.15) is 0 Å². The molecule has 0 atom stereocenters. The first kappa shape index (κ1) is 13.1. The number of carbonyl (C=O) groups is 2. The van der Waals surface area contributed by atoms with Crippen molar-refractivity contribution in [2.24, 2.45) is 0 Å². The molecule has 1 amide bonds. The molecule has 0 fully saturated rings. The van der Waals surface area contributed by atoms with E-state index in [-0.39, 0.29) is 24.6 Å². The first-order valence-corrected chi connectivity index (χ1v) is 5.34. The molecule has 0 saturated heterocycles. The molecule has 17 heavy (non-hydrogen) atoms. The molecule has 6 nitrogen and oxygen atoms in total. The molecular formula is C11H15N3O3. The highest BCUT2D eigenvalue weighted by molar-refractivity contribution is 5.92. The Kier molecular flexibility index (Phi) is 4.56. The van der Waals surface area contributed by atoms with Gasteiger partial charge in [0.25, 0.3) is 5.91 Å². The second-order valence-corrected chi connectivity index (χ2v) is 3.57. The van der Waals surface area contributed by atoms with Crippen LogP contribution in [0.25, 0.3) is 0 Å². The SMILES string of the molecule is CCN(CCC(=O)O)C(=O)c1cnc(C)cn1. The normalized spacial score (nSPS) is 10.0. The molecule has 0 aromatic carbocycles. The molecule has 0 aliphatic carbocycles. The minimum absolute atomic E-state index is 0.0706. The maximum Gasteiger partial charge on any atom is 0.305 e. The topological polar surface area (TPSA) is 83.4 Å². The van der Waals surface area contributed by atoms with Gasteiger partial charge in [-0.25, -0.2) is 4.98 Å². The van der Waals surface area contributed by atoms with Crippen molar-refractivity contribution in [3.8, 4) is 0 Å². The Morgan fingerprint density at radius 2 is 2.06 bits per heavy atom. The van der Waals surface area contributed by atoms with Crippen LogP contribution >= 0.6 is 0 Å². The molecule has 0 aliphatic heterocycles. The Bertz CT molecular complexity index is 403. The molecule has 1 rings (SSSR count). The van der Waals surface area contributed by atoms with Crippen LogP contribution in [-0.4, -0.2) is 44.9 Å². The van der Waals surface area contributed by atoms with Crippen molar-refractivity contribution in [3.63, 3.8) is 0 Å². The summed E-state index contributed by atoms with van der Waals surface area (Å²) in [6.07, 6.45) is 2.85. The second-order valence-electron chi connectivity index (χ2n) is 3.57. The van der Waals surface area contributed by atoms with Gasteiger partial charge in [0, 0.05) is 19.3 Å². The highest BCUT2D eigenvalue weighted by Crippen LogP contribution is 2.02. The summed E-state index contributed by atoms with van der Waals surface area (Å²) in [7, 11) is 0. The third-order valence-electron chi connectivity index (χ3n) is 2.26. The lowest BCUT2D eigenvalue weighted by Crippen LogP contribution is -2.33.